The van der Waals surface area contributed by atoms with E-state index in [1.54, 1.807) is 13.0 Å². The number of benzene rings is 1. The van der Waals surface area contributed by atoms with Crippen LogP contribution in [0, 0.1) is 0 Å². The highest BCUT2D eigenvalue weighted by Gasteiger charge is 2.21. The van der Waals surface area contributed by atoms with Crippen LogP contribution in [-0.4, -0.2) is 68.8 Å². The molecule has 1 aliphatic rings. The van der Waals surface area contributed by atoms with Gasteiger partial charge in [-0.05, 0) is 38.1 Å². The van der Waals surface area contributed by atoms with E-state index in [0.717, 1.165) is 32.0 Å². The largest absolute Gasteiger partial charge is 0.378 e. The topological polar surface area (TPSA) is 71.1 Å². The molecule has 0 aromatic heterocycles. The van der Waals surface area contributed by atoms with Gasteiger partial charge in [0.05, 0.1) is 26.4 Å². The zero-order valence-electron chi connectivity index (χ0n) is 16.1. The Labute approximate surface area is 160 Å². The Bertz CT molecular complexity index is 627. The molecule has 27 heavy (non-hydrogen) atoms. The molecule has 1 fully saturated rings. The summed E-state index contributed by atoms with van der Waals surface area (Å²) >= 11 is 0. The van der Waals surface area contributed by atoms with Crippen molar-refractivity contribution in [3.63, 3.8) is 0 Å². The first-order chi connectivity index (χ1) is 13.0. The van der Waals surface area contributed by atoms with Crippen LogP contribution in [0.15, 0.2) is 36.9 Å². The van der Waals surface area contributed by atoms with Gasteiger partial charge in [-0.3, -0.25) is 9.59 Å². The molecule has 0 unspecified atom stereocenters. The molecule has 7 nitrogen and oxygen atoms in total. The lowest BCUT2D eigenvalue weighted by Crippen LogP contribution is -2.43. The van der Waals surface area contributed by atoms with Gasteiger partial charge in [-0.1, -0.05) is 6.08 Å². The van der Waals surface area contributed by atoms with Crippen LogP contribution >= 0.6 is 0 Å². The molecule has 0 aliphatic carbocycles. The van der Waals surface area contributed by atoms with Crippen molar-refractivity contribution in [2.45, 2.75) is 20.0 Å². The summed E-state index contributed by atoms with van der Waals surface area (Å²) in [5, 5.41) is 2.84. The van der Waals surface area contributed by atoms with E-state index in [1.807, 2.05) is 31.2 Å². The monoisotopic (exact) mass is 375 g/mol. The van der Waals surface area contributed by atoms with Crippen molar-refractivity contribution in [2.75, 3.05) is 56.2 Å². The number of nitrogens with one attached hydrogen (secondary N) is 1. The Kier molecular flexibility index (Phi) is 8.29. The van der Waals surface area contributed by atoms with E-state index in [0.29, 0.717) is 18.8 Å². The van der Waals surface area contributed by atoms with E-state index in [4.69, 9.17) is 9.47 Å². The molecule has 0 saturated carbocycles. The van der Waals surface area contributed by atoms with E-state index >= 15 is 0 Å². The molecule has 0 bridgehead atoms. The number of hydrogen-bond acceptors (Lipinski definition) is 5. The second kappa shape index (κ2) is 10.7. The summed E-state index contributed by atoms with van der Waals surface area (Å²) in [7, 11) is 0. The normalized spacial score (nSPS) is 15.1. The van der Waals surface area contributed by atoms with Crippen LogP contribution in [0.4, 0.5) is 11.4 Å². The molecule has 0 radical (unpaired) electrons. The van der Waals surface area contributed by atoms with Gasteiger partial charge >= 0.3 is 0 Å². The molecule has 7 heteroatoms. The van der Waals surface area contributed by atoms with Gasteiger partial charge in [0.2, 0.25) is 5.91 Å². The molecule has 1 heterocycles. The molecule has 0 spiro atoms. The summed E-state index contributed by atoms with van der Waals surface area (Å²) in [6, 6.07) is 7.71. The first-order valence-corrected chi connectivity index (χ1v) is 9.29. The highest BCUT2D eigenvalue weighted by molar-refractivity contribution is 5.95. The zero-order valence-corrected chi connectivity index (χ0v) is 16.1. The highest BCUT2D eigenvalue weighted by atomic mass is 16.5. The van der Waals surface area contributed by atoms with Gasteiger partial charge in [-0.25, -0.2) is 0 Å². The average Bonchev–Trinajstić information content (AvgIpc) is 2.71. The van der Waals surface area contributed by atoms with Crippen molar-refractivity contribution >= 4 is 23.2 Å². The quantitative estimate of drug-likeness (QED) is 0.668. The molecule has 1 saturated heterocycles. The fourth-order valence-electron chi connectivity index (χ4n) is 2.84. The molecule has 1 aromatic carbocycles. The lowest BCUT2D eigenvalue weighted by atomic mass is 10.2. The maximum atomic E-state index is 12.4. The predicted molar refractivity (Wildman–Crippen MR) is 106 cm³/mol. The van der Waals surface area contributed by atoms with Crippen molar-refractivity contribution in [3.05, 3.63) is 36.9 Å². The second-order valence-corrected chi connectivity index (χ2v) is 6.31. The molecule has 1 aliphatic heterocycles. The van der Waals surface area contributed by atoms with Crippen LogP contribution in [0.5, 0.6) is 0 Å². The van der Waals surface area contributed by atoms with Gasteiger partial charge in [-0.2, -0.15) is 0 Å². The number of ether oxygens (including phenoxy) is 2. The number of amides is 2. The minimum absolute atomic E-state index is 0.0116. The van der Waals surface area contributed by atoms with Crippen molar-refractivity contribution in [1.82, 2.24) is 4.90 Å². The summed E-state index contributed by atoms with van der Waals surface area (Å²) in [6.07, 6.45) is 0.983. The third-order valence-corrected chi connectivity index (χ3v) is 4.37. The van der Waals surface area contributed by atoms with Gasteiger partial charge in [0.25, 0.3) is 5.91 Å². The van der Waals surface area contributed by atoms with Crippen LogP contribution in [0.1, 0.15) is 13.8 Å². The van der Waals surface area contributed by atoms with Gasteiger partial charge in [0.1, 0.15) is 6.10 Å². The summed E-state index contributed by atoms with van der Waals surface area (Å²) in [4.78, 5) is 28.4. The molecule has 1 aromatic rings. The summed E-state index contributed by atoms with van der Waals surface area (Å²) in [6.45, 7) is 11.0. The van der Waals surface area contributed by atoms with Crippen LogP contribution in [0.2, 0.25) is 0 Å². The molecule has 1 atom stereocenters. The fraction of sp³-hybridized carbons (Fsp3) is 0.500. The fourth-order valence-corrected chi connectivity index (χ4v) is 2.84. The number of likely N-dealkylation sites (N-methyl/N-ethyl adjacent to an activating group) is 1. The van der Waals surface area contributed by atoms with E-state index in [9.17, 15) is 9.59 Å². The van der Waals surface area contributed by atoms with Gasteiger partial charge in [-0.15, -0.1) is 6.58 Å². The van der Waals surface area contributed by atoms with Crippen LogP contribution in [0.3, 0.4) is 0 Å². The molecular formula is C20H29N3O4. The Balaban J connectivity index is 1.87. The highest BCUT2D eigenvalue weighted by Crippen LogP contribution is 2.19. The molecular weight excluding hydrogens is 346 g/mol. The Hall–Kier alpha value is -2.38. The molecule has 2 rings (SSSR count). The Morgan fingerprint density at radius 3 is 2.59 bits per heavy atom. The van der Waals surface area contributed by atoms with Gasteiger partial charge < -0.3 is 24.6 Å². The van der Waals surface area contributed by atoms with Crippen molar-refractivity contribution in [1.29, 1.82) is 0 Å². The maximum absolute atomic E-state index is 12.4. The van der Waals surface area contributed by atoms with Gasteiger partial charge in [0.15, 0.2) is 0 Å². The number of hydrogen-bond donors (Lipinski definition) is 1. The Morgan fingerprint density at radius 2 is 2.00 bits per heavy atom. The minimum atomic E-state index is -0.608. The number of carbonyl (C=O) groups excluding carboxylic acids is 2. The van der Waals surface area contributed by atoms with E-state index in [1.165, 1.54) is 4.90 Å². The number of anilines is 2. The van der Waals surface area contributed by atoms with Crippen molar-refractivity contribution in [2.24, 2.45) is 0 Å². The van der Waals surface area contributed by atoms with Crippen LogP contribution in [-0.2, 0) is 19.1 Å². The lowest BCUT2D eigenvalue weighted by molar-refractivity contribution is -0.143. The van der Waals surface area contributed by atoms with Gasteiger partial charge in [0, 0.05) is 31.0 Å². The Morgan fingerprint density at radius 1 is 1.33 bits per heavy atom. The predicted octanol–water partition coefficient (Wildman–Crippen LogP) is 1.90. The average molecular weight is 375 g/mol. The van der Waals surface area contributed by atoms with Crippen molar-refractivity contribution in [3.8, 4) is 0 Å². The third-order valence-electron chi connectivity index (χ3n) is 4.37. The SMILES string of the molecule is C=CCO[C@@H](C)C(=O)N(CC)CC(=O)Nc1ccc(N2CCOCC2)cc1. The van der Waals surface area contributed by atoms with Crippen molar-refractivity contribution < 1.29 is 19.1 Å². The van der Waals surface area contributed by atoms with E-state index in [-0.39, 0.29) is 18.4 Å². The third kappa shape index (κ3) is 6.37. The number of rotatable bonds is 9. The maximum Gasteiger partial charge on any atom is 0.251 e. The second-order valence-electron chi connectivity index (χ2n) is 6.31. The summed E-state index contributed by atoms with van der Waals surface area (Å²) < 4.78 is 10.7. The number of carbonyl (C=O) groups is 2. The standard InChI is InChI=1S/C20H29N3O4/c1-4-12-27-16(3)20(25)22(5-2)15-19(24)21-17-6-8-18(9-7-17)23-10-13-26-14-11-23/h4,6-9,16H,1,5,10-15H2,2-3H3,(H,21,24)/t16-/m0/s1. The first kappa shape index (κ1) is 20.9. The smallest absolute Gasteiger partial charge is 0.251 e. The van der Waals surface area contributed by atoms with E-state index in [2.05, 4.69) is 16.8 Å². The van der Waals surface area contributed by atoms with E-state index < -0.39 is 6.10 Å². The molecule has 148 valence electrons. The van der Waals surface area contributed by atoms with Crippen LogP contribution in [0.25, 0.3) is 0 Å². The lowest BCUT2D eigenvalue weighted by Gasteiger charge is -2.29. The molecule has 2 amide bonds. The zero-order chi connectivity index (χ0) is 19.6. The number of morpholine rings is 1. The van der Waals surface area contributed by atoms with Crippen LogP contribution < -0.4 is 10.2 Å². The number of nitrogens with zero attached hydrogens (tertiary/aromatic N) is 2. The summed E-state index contributed by atoms with van der Waals surface area (Å²) in [5.74, 6) is -0.447. The molecule has 1 N–H and O–H groups in total. The minimum Gasteiger partial charge on any atom is -0.378 e. The summed E-state index contributed by atoms with van der Waals surface area (Å²) in [5.41, 5.74) is 1.81. The first-order valence-electron chi connectivity index (χ1n) is 9.29.